The zero-order chi connectivity index (χ0) is 13.8. The maximum Gasteiger partial charge on any atom is 0.149 e. The first kappa shape index (κ1) is 14.2. The van der Waals surface area contributed by atoms with E-state index < -0.39 is 0 Å². The standard InChI is InChI=1S/C16H21NOS/c1-4-15(18)14(17-11(2)3)9-12-10-19-16-8-6-5-7-13(12)16/h5-8,10-11,14,17H,4,9H2,1-3H3/t14-/m1/s1. The van der Waals surface area contributed by atoms with Crippen molar-refractivity contribution < 1.29 is 4.79 Å². The third-order valence-electron chi connectivity index (χ3n) is 3.26. The first-order valence-electron chi connectivity index (χ1n) is 6.85. The maximum atomic E-state index is 12.1. The van der Waals surface area contributed by atoms with E-state index in [1.807, 2.05) is 6.92 Å². The fourth-order valence-electron chi connectivity index (χ4n) is 2.33. The van der Waals surface area contributed by atoms with Crippen molar-refractivity contribution in [3.05, 3.63) is 35.2 Å². The summed E-state index contributed by atoms with van der Waals surface area (Å²) in [5, 5.41) is 6.86. The maximum absolute atomic E-state index is 12.1. The smallest absolute Gasteiger partial charge is 0.149 e. The van der Waals surface area contributed by atoms with Crippen LogP contribution in [0.4, 0.5) is 0 Å². The van der Waals surface area contributed by atoms with Crippen molar-refractivity contribution in [2.75, 3.05) is 0 Å². The van der Waals surface area contributed by atoms with Crippen molar-refractivity contribution in [1.29, 1.82) is 0 Å². The SMILES string of the molecule is CCC(=O)[C@@H](Cc1csc2ccccc12)NC(C)C. The van der Waals surface area contributed by atoms with Gasteiger partial charge < -0.3 is 5.32 Å². The summed E-state index contributed by atoms with van der Waals surface area (Å²) >= 11 is 1.76. The molecule has 0 aliphatic carbocycles. The Hall–Kier alpha value is -1.19. The Morgan fingerprint density at radius 3 is 2.74 bits per heavy atom. The number of hydrogen-bond acceptors (Lipinski definition) is 3. The molecule has 19 heavy (non-hydrogen) atoms. The van der Waals surface area contributed by atoms with Crippen molar-refractivity contribution in [3.8, 4) is 0 Å². The first-order chi connectivity index (χ1) is 9.11. The van der Waals surface area contributed by atoms with Crippen LogP contribution in [0.5, 0.6) is 0 Å². The number of benzene rings is 1. The molecule has 1 aromatic heterocycles. The summed E-state index contributed by atoms with van der Waals surface area (Å²) in [5.74, 6) is 0.295. The van der Waals surface area contributed by atoms with E-state index in [2.05, 4.69) is 48.8 Å². The Kier molecular flexibility index (Phi) is 4.72. The fourth-order valence-corrected chi connectivity index (χ4v) is 3.30. The summed E-state index contributed by atoms with van der Waals surface area (Å²) in [7, 11) is 0. The molecule has 3 heteroatoms. The number of hydrogen-bond donors (Lipinski definition) is 1. The Balaban J connectivity index is 2.23. The molecule has 0 saturated carbocycles. The van der Waals surface area contributed by atoms with Crippen LogP contribution in [0.15, 0.2) is 29.6 Å². The summed E-state index contributed by atoms with van der Waals surface area (Å²) < 4.78 is 1.30. The molecule has 0 aliphatic heterocycles. The highest BCUT2D eigenvalue weighted by Crippen LogP contribution is 2.26. The summed E-state index contributed by atoms with van der Waals surface area (Å²) in [6, 6.07) is 8.66. The lowest BCUT2D eigenvalue weighted by Gasteiger charge is -2.19. The third-order valence-corrected chi connectivity index (χ3v) is 4.27. The number of Topliss-reactive ketones (excluding diaryl/α,β-unsaturated/α-hetero) is 1. The average Bonchev–Trinajstić information content (AvgIpc) is 2.80. The molecule has 2 rings (SSSR count). The number of carbonyl (C=O) groups excluding carboxylic acids is 1. The lowest BCUT2D eigenvalue weighted by molar-refractivity contribution is -0.120. The highest BCUT2D eigenvalue weighted by molar-refractivity contribution is 7.17. The van der Waals surface area contributed by atoms with Crippen LogP contribution in [-0.2, 0) is 11.2 Å². The van der Waals surface area contributed by atoms with E-state index in [1.165, 1.54) is 15.6 Å². The molecule has 1 N–H and O–H groups in total. The van der Waals surface area contributed by atoms with Crippen molar-refractivity contribution in [2.45, 2.75) is 45.7 Å². The van der Waals surface area contributed by atoms with Gasteiger partial charge in [-0.3, -0.25) is 4.79 Å². The number of fused-ring (bicyclic) bond motifs is 1. The minimum absolute atomic E-state index is 0.0667. The van der Waals surface area contributed by atoms with Gasteiger partial charge in [-0.15, -0.1) is 11.3 Å². The third kappa shape index (κ3) is 3.43. The van der Waals surface area contributed by atoms with Crippen LogP contribution < -0.4 is 5.32 Å². The molecule has 0 fully saturated rings. The molecule has 0 spiro atoms. The van der Waals surface area contributed by atoms with Crippen LogP contribution in [0.2, 0.25) is 0 Å². The van der Waals surface area contributed by atoms with Gasteiger partial charge in [-0.05, 0) is 28.8 Å². The van der Waals surface area contributed by atoms with Crippen molar-refractivity contribution in [3.63, 3.8) is 0 Å². The van der Waals surface area contributed by atoms with E-state index in [-0.39, 0.29) is 6.04 Å². The minimum atomic E-state index is -0.0667. The quantitative estimate of drug-likeness (QED) is 0.869. The van der Waals surface area contributed by atoms with E-state index >= 15 is 0 Å². The zero-order valence-electron chi connectivity index (χ0n) is 11.8. The second-order valence-electron chi connectivity index (χ2n) is 5.16. The van der Waals surface area contributed by atoms with Crippen LogP contribution in [0.25, 0.3) is 10.1 Å². The van der Waals surface area contributed by atoms with Gasteiger partial charge in [-0.25, -0.2) is 0 Å². The molecule has 0 bridgehead atoms. The van der Waals surface area contributed by atoms with Gasteiger partial charge in [0.05, 0.1) is 6.04 Å². The van der Waals surface area contributed by atoms with E-state index in [9.17, 15) is 4.79 Å². The monoisotopic (exact) mass is 275 g/mol. The number of carbonyl (C=O) groups is 1. The molecular weight excluding hydrogens is 254 g/mol. The Morgan fingerprint density at radius 2 is 2.05 bits per heavy atom. The van der Waals surface area contributed by atoms with E-state index in [1.54, 1.807) is 11.3 Å². The molecule has 0 saturated heterocycles. The molecule has 0 aliphatic rings. The highest BCUT2D eigenvalue weighted by Gasteiger charge is 2.19. The Bertz CT molecular complexity index is 559. The van der Waals surface area contributed by atoms with Crippen LogP contribution >= 0.6 is 11.3 Å². The van der Waals surface area contributed by atoms with Gasteiger partial charge in [0.25, 0.3) is 0 Å². The van der Waals surface area contributed by atoms with Crippen molar-refractivity contribution in [1.82, 2.24) is 5.32 Å². The van der Waals surface area contributed by atoms with E-state index in [4.69, 9.17) is 0 Å². The van der Waals surface area contributed by atoms with E-state index in [0.29, 0.717) is 18.2 Å². The normalized spacial score (nSPS) is 13.1. The highest BCUT2D eigenvalue weighted by atomic mass is 32.1. The van der Waals surface area contributed by atoms with Crippen LogP contribution in [0.1, 0.15) is 32.8 Å². The number of thiophene rings is 1. The lowest BCUT2D eigenvalue weighted by atomic mass is 10.00. The van der Waals surface area contributed by atoms with Crippen molar-refractivity contribution in [2.24, 2.45) is 0 Å². The predicted octanol–water partition coefficient (Wildman–Crippen LogP) is 3.79. The molecule has 2 nitrogen and oxygen atoms in total. The summed E-state index contributed by atoms with van der Waals surface area (Å²) in [6.07, 6.45) is 1.38. The van der Waals surface area contributed by atoms with Gasteiger partial charge in [0.1, 0.15) is 5.78 Å². The molecule has 0 radical (unpaired) electrons. The second-order valence-corrected chi connectivity index (χ2v) is 6.07. The molecule has 1 atom stereocenters. The molecule has 0 amide bonds. The van der Waals surface area contributed by atoms with Crippen molar-refractivity contribution >= 4 is 27.2 Å². The molecule has 2 aromatic rings. The molecule has 102 valence electrons. The topological polar surface area (TPSA) is 29.1 Å². The summed E-state index contributed by atoms with van der Waals surface area (Å²) in [5.41, 5.74) is 1.28. The van der Waals surface area contributed by atoms with Gasteiger partial charge in [0.2, 0.25) is 0 Å². The minimum Gasteiger partial charge on any atom is -0.305 e. The van der Waals surface area contributed by atoms with Gasteiger partial charge >= 0.3 is 0 Å². The number of nitrogens with one attached hydrogen (secondary N) is 1. The van der Waals surface area contributed by atoms with Gasteiger partial charge in [-0.1, -0.05) is 39.0 Å². The van der Waals surface area contributed by atoms with Gasteiger partial charge in [0.15, 0.2) is 0 Å². The number of ketones is 1. The summed E-state index contributed by atoms with van der Waals surface area (Å²) in [6.45, 7) is 6.10. The molecule has 1 heterocycles. The average molecular weight is 275 g/mol. The van der Waals surface area contributed by atoms with Crippen LogP contribution in [-0.4, -0.2) is 17.9 Å². The number of rotatable bonds is 6. The fraction of sp³-hybridized carbons (Fsp3) is 0.438. The predicted molar refractivity (Wildman–Crippen MR) is 82.9 cm³/mol. The second kappa shape index (κ2) is 6.31. The molecule has 0 unspecified atom stereocenters. The summed E-state index contributed by atoms with van der Waals surface area (Å²) in [4.78, 5) is 12.1. The molecular formula is C16H21NOS. The molecule has 1 aromatic carbocycles. The van der Waals surface area contributed by atoms with Gasteiger partial charge in [-0.2, -0.15) is 0 Å². The Labute approximate surface area is 118 Å². The first-order valence-corrected chi connectivity index (χ1v) is 7.73. The lowest BCUT2D eigenvalue weighted by Crippen LogP contribution is -2.42. The van der Waals surface area contributed by atoms with Crippen LogP contribution in [0.3, 0.4) is 0 Å². The largest absolute Gasteiger partial charge is 0.305 e. The van der Waals surface area contributed by atoms with Gasteiger partial charge in [0, 0.05) is 17.2 Å². The zero-order valence-corrected chi connectivity index (χ0v) is 12.6. The Morgan fingerprint density at radius 1 is 1.32 bits per heavy atom. The van der Waals surface area contributed by atoms with Crippen LogP contribution in [0, 0.1) is 0 Å². The van der Waals surface area contributed by atoms with E-state index in [0.717, 1.165) is 6.42 Å².